The zero-order valence-electron chi connectivity index (χ0n) is 14.7. The Bertz CT molecular complexity index is 932. The fourth-order valence-corrected chi connectivity index (χ4v) is 3.54. The van der Waals surface area contributed by atoms with E-state index in [9.17, 15) is 14.7 Å². The zero-order valence-corrected chi connectivity index (χ0v) is 16.3. The minimum atomic E-state index is -1.95. The fourth-order valence-electron chi connectivity index (χ4n) is 3.18. The molecule has 0 unspecified atom stereocenters. The number of fused-ring (bicyclic) bond motifs is 1. The standard InChI is InChI=1S/C21H18BrNO4/c1-3-11-23-18-10-7-15(22)12-17(18)21(26,20(23)25)13-19(24)14-5-8-16(9-6-14)27-4-2/h1,5-10,12,26H,4,11,13H2,2H3/t21-/m1/s1. The summed E-state index contributed by atoms with van der Waals surface area (Å²) in [5.41, 5.74) is -0.669. The number of halogens is 1. The minimum absolute atomic E-state index is 0.0209. The van der Waals surface area contributed by atoms with E-state index in [1.807, 2.05) is 6.92 Å². The Morgan fingerprint density at radius 2 is 2.00 bits per heavy atom. The number of aliphatic hydroxyl groups is 1. The molecular weight excluding hydrogens is 410 g/mol. The molecule has 1 N–H and O–H groups in total. The maximum atomic E-state index is 12.9. The van der Waals surface area contributed by atoms with Gasteiger partial charge in [-0.25, -0.2) is 0 Å². The first-order valence-electron chi connectivity index (χ1n) is 8.44. The van der Waals surface area contributed by atoms with Gasteiger partial charge in [-0.05, 0) is 49.4 Å². The number of benzene rings is 2. The Balaban J connectivity index is 1.93. The number of ether oxygens (including phenoxy) is 1. The molecule has 0 radical (unpaired) electrons. The van der Waals surface area contributed by atoms with Gasteiger partial charge in [-0.15, -0.1) is 6.42 Å². The molecule has 0 saturated heterocycles. The molecule has 27 heavy (non-hydrogen) atoms. The van der Waals surface area contributed by atoms with Crippen LogP contribution >= 0.6 is 15.9 Å². The van der Waals surface area contributed by atoms with E-state index in [1.54, 1.807) is 42.5 Å². The summed E-state index contributed by atoms with van der Waals surface area (Å²) in [6.07, 6.45) is 4.99. The molecule has 2 aromatic rings. The first-order chi connectivity index (χ1) is 12.9. The summed E-state index contributed by atoms with van der Waals surface area (Å²) in [6, 6.07) is 11.7. The van der Waals surface area contributed by atoms with Gasteiger partial charge >= 0.3 is 0 Å². The molecule has 0 spiro atoms. The minimum Gasteiger partial charge on any atom is -0.494 e. The van der Waals surface area contributed by atoms with Gasteiger partial charge in [0.25, 0.3) is 5.91 Å². The molecule has 1 amide bonds. The number of ketones is 1. The predicted octanol–water partition coefficient (Wildman–Crippen LogP) is 3.29. The number of anilines is 1. The van der Waals surface area contributed by atoms with Crippen LogP contribution < -0.4 is 9.64 Å². The van der Waals surface area contributed by atoms with Crippen LogP contribution in [-0.2, 0) is 10.4 Å². The van der Waals surface area contributed by atoms with Crippen molar-refractivity contribution in [1.29, 1.82) is 0 Å². The molecule has 5 nitrogen and oxygen atoms in total. The van der Waals surface area contributed by atoms with Crippen molar-refractivity contribution in [1.82, 2.24) is 0 Å². The Morgan fingerprint density at radius 3 is 2.63 bits per heavy atom. The first-order valence-corrected chi connectivity index (χ1v) is 9.24. The Hall–Kier alpha value is -2.62. The van der Waals surface area contributed by atoms with Crippen LogP contribution in [0.3, 0.4) is 0 Å². The van der Waals surface area contributed by atoms with Crippen LogP contribution in [0, 0.1) is 12.3 Å². The van der Waals surface area contributed by atoms with E-state index >= 15 is 0 Å². The number of hydrogen-bond donors (Lipinski definition) is 1. The lowest BCUT2D eigenvalue weighted by atomic mass is 9.88. The van der Waals surface area contributed by atoms with E-state index in [1.165, 1.54) is 4.90 Å². The van der Waals surface area contributed by atoms with Crippen molar-refractivity contribution in [2.24, 2.45) is 0 Å². The highest BCUT2D eigenvalue weighted by molar-refractivity contribution is 9.10. The second kappa shape index (κ2) is 7.55. The topological polar surface area (TPSA) is 66.8 Å². The largest absolute Gasteiger partial charge is 0.494 e. The summed E-state index contributed by atoms with van der Waals surface area (Å²) in [4.78, 5) is 27.0. The Morgan fingerprint density at radius 1 is 1.30 bits per heavy atom. The highest BCUT2D eigenvalue weighted by atomic mass is 79.9. The number of carbonyl (C=O) groups is 2. The highest BCUT2D eigenvalue weighted by Gasteiger charge is 2.50. The van der Waals surface area contributed by atoms with Gasteiger partial charge in [0.05, 0.1) is 25.3 Å². The number of carbonyl (C=O) groups excluding carboxylic acids is 2. The van der Waals surface area contributed by atoms with Gasteiger partial charge in [-0.3, -0.25) is 14.5 Å². The summed E-state index contributed by atoms with van der Waals surface area (Å²) >= 11 is 3.35. The van der Waals surface area contributed by atoms with Gasteiger partial charge in [0.15, 0.2) is 11.4 Å². The lowest BCUT2D eigenvalue weighted by molar-refractivity contribution is -0.135. The van der Waals surface area contributed by atoms with E-state index in [2.05, 4.69) is 21.9 Å². The summed E-state index contributed by atoms with van der Waals surface area (Å²) < 4.78 is 6.06. The smallest absolute Gasteiger partial charge is 0.265 e. The van der Waals surface area contributed by atoms with Crippen molar-refractivity contribution in [2.45, 2.75) is 18.9 Å². The highest BCUT2D eigenvalue weighted by Crippen LogP contribution is 2.44. The van der Waals surface area contributed by atoms with Crippen molar-refractivity contribution < 1.29 is 19.4 Å². The molecule has 2 aromatic carbocycles. The van der Waals surface area contributed by atoms with Gasteiger partial charge < -0.3 is 9.84 Å². The van der Waals surface area contributed by atoms with Gasteiger partial charge in [0.2, 0.25) is 0 Å². The maximum Gasteiger partial charge on any atom is 0.265 e. The number of Topliss-reactive ketones (excluding diaryl/α,β-unsaturated/α-hetero) is 1. The predicted molar refractivity (Wildman–Crippen MR) is 106 cm³/mol. The molecule has 138 valence electrons. The third-order valence-electron chi connectivity index (χ3n) is 4.45. The van der Waals surface area contributed by atoms with E-state index in [-0.39, 0.29) is 18.7 Å². The average Bonchev–Trinajstić information content (AvgIpc) is 2.84. The summed E-state index contributed by atoms with van der Waals surface area (Å²) in [6.45, 7) is 2.42. The second-order valence-electron chi connectivity index (χ2n) is 6.17. The molecule has 3 rings (SSSR count). The monoisotopic (exact) mass is 427 g/mol. The maximum absolute atomic E-state index is 12.9. The molecule has 0 aliphatic carbocycles. The van der Waals surface area contributed by atoms with E-state index in [0.717, 1.165) is 0 Å². The van der Waals surface area contributed by atoms with Crippen LogP contribution in [0.5, 0.6) is 5.75 Å². The van der Waals surface area contributed by atoms with Gasteiger partial charge in [-0.2, -0.15) is 0 Å². The fraction of sp³-hybridized carbons (Fsp3) is 0.238. The zero-order chi connectivity index (χ0) is 19.6. The van der Waals surface area contributed by atoms with Crippen LogP contribution in [0.2, 0.25) is 0 Å². The molecule has 1 aliphatic heterocycles. The lowest BCUT2D eigenvalue weighted by Crippen LogP contribution is -2.42. The number of amides is 1. The lowest BCUT2D eigenvalue weighted by Gasteiger charge is -2.22. The summed E-state index contributed by atoms with van der Waals surface area (Å²) in [5.74, 6) is 2.14. The Labute approximate surface area is 166 Å². The second-order valence-corrected chi connectivity index (χ2v) is 7.09. The van der Waals surface area contributed by atoms with Gasteiger partial charge in [-0.1, -0.05) is 21.9 Å². The van der Waals surface area contributed by atoms with Crippen molar-refractivity contribution in [2.75, 3.05) is 18.1 Å². The molecule has 1 atom stereocenters. The van der Waals surface area contributed by atoms with Gasteiger partial charge in [0, 0.05) is 15.6 Å². The molecule has 0 saturated carbocycles. The molecule has 0 fully saturated rings. The molecule has 1 aliphatic rings. The van der Waals surface area contributed by atoms with Crippen molar-refractivity contribution in [3.8, 4) is 18.1 Å². The van der Waals surface area contributed by atoms with Crippen molar-refractivity contribution in [3.05, 3.63) is 58.1 Å². The molecular formula is C21H18BrNO4. The molecule has 0 aromatic heterocycles. The Kier molecular flexibility index (Phi) is 5.36. The summed E-state index contributed by atoms with van der Waals surface area (Å²) in [7, 11) is 0. The van der Waals surface area contributed by atoms with E-state index < -0.39 is 11.5 Å². The van der Waals surface area contributed by atoms with Crippen LogP contribution in [0.4, 0.5) is 5.69 Å². The first kappa shape index (κ1) is 19.2. The number of nitrogens with zero attached hydrogens (tertiary/aromatic N) is 1. The number of terminal acetylenes is 1. The average molecular weight is 428 g/mol. The molecule has 0 bridgehead atoms. The van der Waals surface area contributed by atoms with Crippen LogP contribution in [0.25, 0.3) is 0 Å². The number of hydrogen-bond acceptors (Lipinski definition) is 4. The van der Waals surface area contributed by atoms with Crippen LogP contribution in [0.1, 0.15) is 29.3 Å². The van der Waals surface area contributed by atoms with E-state index in [0.29, 0.717) is 33.6 Å². The molecule has 6 heteroatoms. The van der Waals surface area contributed by atoms with Gasteiger partial charge in [0.1, 0.15) is 5.75 Å². The van der Waals surface area contributed by atoms with Crippen LogP contribution in [-0.4, -0.2) is 29.9 Å². The quantitative estimate of drug-likeness (QED) is 0.567. The van der Waals surface area contributed by atoms with Crippen LogP contribution in [0.15, 0.2) is 46.9 Å². The summed E-state index contributed by atoms with van der Waals surface area (Å²) in [5, 5.41) is 11.2. The molecule has 1 heterocycles. The number of rotatable bonds is 6. The van der Waals surface area contributed by atoms with Crippen molar-refractivity contribution in [3.63, 3.8) is 0 Å². The SMILES string of the molecule is C#CCN1C(=O)[C@@](O)(CC(=O)c2ccc(OCC)cc2)c2cc(Br)ccc21. The van der Waals surface area contributed by atoms with Crippen molar-refractivity contribution >= 4 is 33.3 Å². The van der Waals surface area contributed by atoms with E-state index in [4.69, 9.17) is 11.2 Å². The normalized spacial score (nSPS) is 18.1. The third kappa shape index (κ3) is 3.48. The third-order valence-corrected chi connectivity index (χ3v) is 4.94.